The van der Waals surface area contributed by atoms with Gasteiger partial charge >= 0.3 is 0 Å². The van der Waals surface area contributed by atoms with Crippen LogP contribution in [-0.2, 0) is 0 Å². The van der Waals surface area contributed by atoms with Gasteiger partial charge in [-0.3, -0.25) is 4.79 Å². The fourth-order valence-electron chi connectivity index (χ4n) is 1.08. The number of aliphatic hydroxyl groups excluding tert-OH is 1. The number of rotatable bonds is 4. The summed E-state index contributed by atoms with van der Waals surface area (Å²) in [5.74, 6) is -5.37. The molecule has 0 atom stereocenters. The lowest BCUT2D eigenvalue weighted by Gasteiger charge is -2.05. The van der Waals surface area contributed by atoms with E-state index in [0.717, 1.165) is 6.07 Å². The van der Waals surface area contributed by atoms with Crippen LogP contribution in [0.1, 0.15) is 16.8 Å². The first-order valence-electron chi connectivity index (χ1n) is 4.60. The lowest BCUT2D eigenvalue weighted by Crippen LogP contribution is -2.26. The van der Waals surface area contributed by atoms with Crippen molar-refractivity contribution in [3.63, 3.8) is 0 Å². The molecule has 0 fully saturated rings. The van der Waals surface area contributed by atoms with Gasteiger partial charge in [-0.25, -0.2) is 13.2 Å². The molecule has 0 spiro atoms. The predicted octanol–water partition coefficient (Wildman–Crippen LogP) is 1.22. The van der Waals surface area contributed by atoms with Crippen molar-refractivity contribution in [3.05, 3.63) is 35.1 Å². The van der Waals surface area contributed by atoms with Crippen molar-refractivity contribution in [3.8, 4) is 0 Å². The number of hydrogen-bond donors (Lipinski definition) is 2. The van der Waals surface area contributed by atoms with Gasteiger partial charge in [-0.05, 0) is 18.6 Å². The summed E-state index contributed by atoms with van der Waals surface area (Å²) in [4.78, 5) is 11.3. The first kappa shape index (κ1) is 12.5. The Labute approximate surface area is 89.9 Å². The summed E-state index contributed by atoms with van der Waals surface area (Å²) in [5.41, 5.74) is -0.558. The van der Waals surface area contributed by atoms with Crippen molar-refractivity contribution in [1.29, 1.82) is 0 Å². The molecule has 6 heteroatoms. The zero-order valence-corrected chi connectivity index (χ0v) is 8.27. The van der Waals surface area contributed by atoms with E-state index in [9.17, 15) is 18.0 Å². The second kappa shape index (κ2) is 5.50. The molecule has 0 bridgehead atoms. The number of nitrogens with one attached hydrogen (secondary N) is 1. The molecule has 0 saturated carbocycles. The Balaban J connectivity index is 2.80. The van der Waals surface area contributed by atoms with E-state index in [0.29, 0.717) is 12.5 Å². The third kappa shape index (κ3) is 2.73. The molecular formula is C10H10F3NO2. The maximum Gasteiger partial charge on any atom is 0.254 e. The largest absolute Gasteiger partial charge is 0.396 e. The second-order valence-electron chi connectivity index (χ2n) is 3.06. The Hall–Kier alpha value is -1.56. The lowest BCUT2D eigenvalue weighted by atomic mass is 10.2. The second-order valence-corrected chi connectivity index (χ2v) is 3.06. The molecule has 88 valence electrons. The highest BCUT2D eigenvalue weighted by molar-refractivity contribution is 5.94. The highest BCUT2D eigenvalue weighted by Gasteiger charge is 2.18. The molecule has 1 aromatic rings. The van der Waals surface area contributed by atoms with Gasteiger partial charge in [-0.2, -0.15) is 0 Å². The van der Waals surface area contributed by atoms with Gasteiger partial charge in [0.15, 0.2) is 17.5 Å². The number of hydrogen-bond acceptors (Lipinski definition) is 2. The average Bonchev–Trinajstić information content (AvgIpc) is 2.26. The Kier molecular flexibility index (Phi) is 4.30. The minimum atomic E-state index is -1.67. The molecule has 1 amide bonds. The summed E-state index contributed by atoms with van der Waals surface area (Å²) in [7, 11) is 0. The molecule has 0 aliphatic rings. The van der Waals surface area contributed by atoms with Crippen LogP contribution in [0, 0.1) is 17.5 Å². The van der Waals surface area contributed by atoms with Crippen LogP contribution in [0.15, 0.2) is 12.1 Å². The number of amides is 1. The van der Waals surface area contributed by atoms with Gasteiger partial charge in [0, 0.05) is 13.2 Å². The van der Waals surface area contributed by atoms with Crippen molar-refractivity contribution in [2.75, 3.05) is 13.2 Å². The molecule has 1 aromatic carbocycles. The number of carbonyl (C=O) groups excluding carboxylic acids is 1. The average molecular weight is 233 g/mol. The standard InChI is InChI=1S/C10H10F3NO2/c11-7-3-2-6(8(12)9(7)13)10(16)14-4-1-5-15/h2-3,15H,1,4-5H2,(H,14,16). The van der Waals surface area contributed by atoms with Gasteiger partial charge in [0.2, 0.25) is 0 Å². The minimum Gasteiger partial charge on any atom is -0.396 e. The molecular weight excluding hydrogens is 223 g/mol. The van der Waals surface area contributed by atoms with Crippen LogP contribution in [0.4, 0.5) is 13.2 Å². The monoisotopic (exact) mass is 233 g/mol. The van der Waals surface area contributed by atoms with E-state index < -0.39 is 28.9 Å². The molecule has 3 nitrogen and oxygen atoms in total. The molecule has 0 unspecified atom stereocenters. The lowest BCUT2D eigenvalue weighted by molar-refractivity contribution is 0.0946. The van der Waals surface area contributed by atoms with Crippen LogP contribution in [0.5, 0.6) is 0 Å². The fourth-order valence-corrected chi connectivity index (χ4v) is 1.08. The van der Waals surface area contributed by atoms with Gasteiger partial charge in [-0.15, -0.1) is 0 Å². The third-order valence-electron chi connectivity index (χ3n) is 1.90. The smallest absolute Gasteiger partial charge is 0.254 e. The summed E-state index contributed by atoms with van der Waals surface area (Å²) in [5, 5.41) is 10.7. The van der Waals surface area contributed by atoms with E-state index >= 15 is 0 Å². The number of benzene rings is 1. The Morgan fingerprint density at radius 2 is 1.94 bits per heavy atom. The molecule has 0 heterocycles. The molecule has 0 aromatic heterocycles. The molecule has 2 N–H and O–H groups in total. The van der Waals surface area contributed by atoms with Gasteiger partial charge in [0.1, 0.15) is 0 Å². The van der Waals surface area contributed by atoms with Gasteiger partial charge in [0.05, 0.1) is 5.56 Å². The molecule has 0 saturated heterocycles. The summed E-state index contributed by atoms with van der Waals surface area (Å²) in [6.07, 6.45) is 0.303. The van der Waals surface area contributed by atoms with Crippen molar-refractivity contribution in [2.24, 2.45) is 0 Å². The Bertz CT molecular complexity index is 396. The predicted molar refractivity (Wildman–Crippen MR) is 50.4 cm³/mol. The van der Waals surface area contributed by atoms with E-state index in [4.69, 9.17) is 5.11 Å². The van der Waals surface area contributed by atoms with E-state index in [1.165, 1.54) is 0 Å². The fraction of sp³-hybridized carbons (Fsp3) is 0.300. The summed E-state index contributed by atoms with van der Waals surface area (Å²) in [6.45, 7) is 0.00824. The van der Waals surface area contributed by atoms with Crippen LogP contribution >= 0.6 is 0 Å². The number of carbonyl (C=O) groups is 1. The normalized spacial score (nSPS) is 10.2. The van der Waals surface area contributed by atoms with Crippen LogP contribution < -0.4 is 5.32 Å². The SMILES string of the molecule is O=C(NCCCO)c1ccc(F)c(F)c1F. The molecule has 0 radical (unpaired) electrons. The molecule has 1 rings (SSSR count). The van der Waals surface area contributed by atoms with Gasteiger partial charge < -0.3 is 10.4 Å². The van der Waals surface area contributed by atoms with E-state index in [1.54, 1.807) is 0 Å². The summed E-state index contributed by atoms with van der Waals surface area (Å²) in [6, 6.07) is 1.54. The van der Waals surface area contributed by atoms with Crippen molar-refractivity contribution >= 4 is 5.91 Å². The Morgan fingerprint density at radius 3 is 2.56 bits per heavy atom. The quantitative estimate of drug-likeness (QED) is 0.606. The van der Waals surface area contributed by atoms with E-state index in [2.05, 4.69) is 5.32 Å². The van der Waals surface area contributed by atoms with Gasteiger partial charge in [0.25, 0.3) is 5.91 Å². The topological polar surface area (TPSA) is 49.3 Å². The van der Waals surface area contributed by atoms with Crippen LogP contribution in [0.3, 0.4) is 0 Å². The van der Waals surface area contributed by atoms with Crippen molar-refractivity contribution < 1.29 is 23.1 Å². The highest BCUT2D eigenvalue weighted by Crippen LogP contribution is 2.14. The van der Waals surface area contributed by atoms with E-state index in [-0.39, 0.29) is 13.2 Å². The van der Waals surface area contributed by atoms with Crippen LogP contribution in [-0.4, -0.2) is 24.2 Å². The van der Waals surface area contributed by atoms with Crippen LogP contribution in [0.2, 0.25) is 0 Å². The van der Waals surface area contributed by atoms with E-state index in [1.807, 2.05) is 0 Å². The summed E-state index contributed by atoms with van der Waals surface area (Å²) < 4.78 is 38.4. The maximum atomic E-state index is 13.1. The molecule has 0 aliphatic carbocycles. The maximum absolute atomic E-state index is 13.1. The van der Waals surface area contributed by atoms with Crippen LogP contribution in [0.25, 0.3) is 0 Å². The first-order valence-corrected chi connectivity index (χ1v) is 4.60. The molecule has 0 aliphatic heterocycles. The van der Waals surface area contributed by atoms with Gasteiger partial charge in [-0.1, -0.05) is 0 Å². The number of halogens is 3. The summed E-state index contributed by atoms with van der Waals surface area (Å²) >= 11 is 0. The first-order chi connectivity index (χ1) is 7.57. The highest BCUT2D eigenvalue weighted by atomic mass is 19.2. The zero-order chi connectivity index (χ0) is 12.1. The Morgan fingerprint density at radius 1 is 1.25 bits per heavy atom. The van der Waals surface area contributed by atoms with Crippen molar-refractivity contribution in [1.82, 2.24) is 5.32 Å². The minimum absolute atomic E-state index is 0.124. The zero-order valence-electron chi connectivity index (χ0n) is 8.27. The third-order valence-corrected chi connectivity index (χ3v) is 1.90. The molecule has 16 heavy (non-hydrogen) atoms. The number of aliphatic hydroxyl groups is 1. The van der Waals surface area contributed by atoms with Crippen molar-refractivity contribution in [2.45, 2.75) is 6.42 Å².